The number of aromatic amines is 1. The van der Waals surface area contributed by atoms with Crippen LogP contribution in [0.1, 0.15) is 27.7 Å². The molecule has 4 rings (SSSR count). The Morgan fingerprint density at radius 2 is 1.81 bits per heavy atom. The zero-order chi connectivity index (χ0) is 30.7. The Balaban J connectivity index is 1.61. The van der Waals surface area contributed by atoms with E-state index in [2.05, 4.69) is 9.71 Å². The fourth-order valence-electron chi connectivity index (χ4n) is 4.11. The Hall–Kier alpha value is -4.45. The highest BCUT2D eigenvalue weighted by Crippen LogP contribution is 2.39. The Kier molecular flexibility index (Phi) is 8.86. The molecule has 1 amide bonds. The maximum absolute atomic E-state index is 12.7. The molecule has 0 saturated carbocycles. The van der Waals surface area contributed by atoms with Gasteiger partial charge in [0.05, 0.1) is 12.3 Å². The van der Waals surface area contributed by atoms with Crippen molar-refractivity contribution in [3.8, 4) is 28.4 Å². The number of ether oxygens (including phenoxy) is 3. The quantitative estimate of drug-likeness (QED) is 0.253. The van der Waals surface area contributed by atoms with E-state index in [1.54, 1.807) is 81.9 Å². The van der Waals surface area contributed by atoms with Gasteiger partial charge in [-0.15, -0.1) is 0 Å². The van der Waals surface area contributed by atoms with Gasteiger partial charge in [0.25, 0.3) is 5.56 Å². The molecule has 2 N–H and O–H groups in total. The van der Waals surface area contributed by atoms with E-state index in [4.69, 9.17) is 14.2 Å². The van der Waals surface area contributed by atoms with Gasteiger partial charge in [-0.25, -0.2) is 13.2 Å². The highest BCUT2D eigenvalue weighted by atomic mass is 32.2. The second-order valence-electron chi connectivity index (χ2n) is 10.8. The standard InChI is InChI=1S/C30H36N4O7S/c1-7-42(37,38)32-20-11-12-26(24(17-20)25-19-34(6)28(35)27-23(25)13-14-31-27)40-22-10-8-9-21(18-22)39-16-15-33(5)29(36)41-30(2,3)4/h8-14,17-19,31-32H,7,15-16H2,1-6H3. The van der Waals surface area contributed by atoms with Crippen molar-refractivity contribution in [1.82, 2.24) is 14.5 Å². The van der Waals surface area contributed by atoms with Gasteiger partial charge in [-0.05, 0) is 64.1 Å². The molecule has 224 valence electrons. The monoisotopic (exact) mass is 596 g/mol. The van der Waals surface area contributed by atoms with E-state index in [0.717, 1.165) is 0 Å². The van der Waals surface area contributed by atoms with Crippen LogP contribution in [-0.2, 0) is 21.8 Å². The molecule has 0 fully saturated rings. The van der Waals surface area contributed by atoms with Crippen LogP contribution in [0.2, 0.25) is 0 Å². The van der Waals surface area contributed by atoms with E-state index in [1.807, 2.05) is 20.8 Å². The normalized spacial score (nSPS) is 11.8. The molecule has 11 nitrogen and oxygen atoms in total. The van der Waals surface area contributed by atoms with Crippen molar-refractivity contribution in [2.45, 2.75) is 33.3 Å². The second kappa shape index (κ2) is 12.2. The Morgan fingerprint density at radius 1 is 1.07 bits per heavy atom. The summed E-state index contributed by atoms with van der Waals surface area (Å²) < 4.78 is 46.1. The first-order valence-electron chi connectivity index (χ1n) is 13.4. The number of aromatic nitrogens is 2. The van der Waals surface area contributed by atoms with Crippen LogP contribution in [0.4, 0.5) is 10.5 Å². The number of aryl methyl sites for hydroxylation is 1. The summed E-state index contributed by atoms with van der Waals surface area (Å²) in [6.07, 6.45) is 2.94. The Morgan fingerprint density at radius 3 is 2.52 bits per heavy atom. The van der Waals surface area contributed by atoms with Crippen LogP contribution in [-0.4, -0.2) is 60.5 Å². The molecule has 4 aromatic rings. The van der Waals surface area contributed by atoms with Crippen molar-refractivity contribution in [1.29, 1.82) is 0 Å². The third kappa shape index (κ3) is 7.43. The molecule has 0 aliphatic heterocycles. The average molecular weight is 597 g/mol. The summed E-state index contributed by atoms with van der Waals surface area (Å²) in [5.41, 5.74) is 1.27. The molecule has 0 radical (unpaired) electrons. The van der Waals surface area contributed by atoms with Crippen molar-refractivity contribution in [3.63, 3.8) is 0 Å². The Labute approximate surface area is 245 Å². The zero-order valence-electron chi connectivity index (χ0n) is 24.6. The minimum Gasteiger partial charge on any atom is -0.492 e. The van der Waals surface area contributed by atoms with Gasteiger partial charge in [0.1, 0.15) is 35.0 Å². The van der Waals surface area contributed by atoms with Crippen molar-refractivity contribution < 1.29 is 27.4 Å². The average Bonchev–Trinajstić information content (AvgIpc) is 3.41. The molecule has 0 aliphatic rings. The Bertz CT molecular complexity index is 1750. The predicted molar refractivity (Wildman–Crippen MR) is 163 cm³/mol. The number of hydrogen-bond donors (Lipinski definition) is 2. The van der Waals surface area contributed by atoms with E-state index in [0.29, 0.717) is 51.5 Å². The summed E-state index contributed by atoms with van der Waals surface area (Å²) in [5, 5.41) is 0.671. The number of amides is 1. The number of H-pyrrole nitrogens is 1. The first-order valence-corrected chi connectivity index (χ1v) is 15.1. The lowest BCUT2D eigenvalue weighted by Gasteiger charge is -2.24. The summed E-state index contributed by atoms with van der Waals surface area (Å²) in [6, 6.07) is 13.8. The summed E-state index contributed by atoms with van der Waals surface area (Å²) in [5.74, 6) is 1.38. The number of hydrogen-bond acceptors (Lipinski definition) is 7. The zero-order valence-corrected chi connectivity index (χ0v) is 25.4. The second-order valence-corrected chi connectivity index (χ2v) is 12.8. The van der Waals surface area contributed by atoms with E-state index >= 15 is 0 Å². The number of likely N-dealkylation sites (N-methyl/N-ethyl adjacent to an activating group) is 1. The summed E-state index contributed by atoms with van der Waals surface area (Å²) >= 11 is 0. The van der Waals surface area contributed by atoms with Crippen LogP contribution < -0.4 is 19.8 Å². The molecular weight excluding hydrogens is 560 g/mol. The number of carbonyl (C=O) groups is 1. The minimum absolute atomic E-state index is 0.0805. The largest absolute Gasteiger partial charge is 0.492 e. The third-order valence-corrected chi connectivity index (χ3v) is 7.56. The number of nitrogens with zero attached hydrogens (tertiary/aromatic N) is 2. The van der Waals surface area contributed by atoms with Crippen LogP contribution in [0.5, 0.6) is 17.2 Å². The first-order chi connectivity index (χ1) is 19.8. The van der Waals surface area contributed by atoms with Crippen LogP contribution in [0, 0.1) is 0 Å². The number of fused-ring (bicyclic) bond motifs is 1. The first kappa shape index (κ1) is 30.5. The van der Waals surface area contributed by atoms with Crippen molar-refractivity contribution in [2.24, 2.45) is 7.05 Å². The van der Waals surface area contributed by atoms with Crippen LogP contribution in [0.25, 0.3) is 22.0 Å². The van der Waals surface area contributed by atoms with Gasteiger partial charge in [-0.2, -0.15) is 0 Å². The van der Waals surface area contributed by atoms with Gasteiger partial charge in [0.2, 0.25) is 10.0 Å². The topological polar surface area (TPSA) is 132 Å². The highest BCUT2D eigenvalue weighted by molar-refractivity contribution is 7.92. The van der Waals surface area contributed by atoms with Crippen molar-refractivity contribution in [2.75, 3.05) is 30.7 Å². The molecule has 0 atom stereocenters. The molecule has 0 spiro atoms. The molecule has 0 unspecified atom stereocenters. The highest BCUT2D eigenvalue weighted by Gasteiger charge is 2.20. The molecule has 2 heterocycles. The lowest BCUT2D eigenvalue weighted by Crippen LogP contribution is -2.36. The molecule has 0 bridgehead atoms. The van der Waals surface area contributed by atoms with Gasteiger partial charge in [0, 0.05) is 54.8 Å². The fourth-order valence-corrected chi connectivity index (χ4v) is 4.74. The number of nitrogens with one attached hydrogen (secondary N) is 2. The van der Waals surface area contributed by atoms with E-state index in [-0.39, 0.29) is 17.9 Å². The number of benzene rings is 2. The SMILES string of the molecule is CCS(=O)(=O)Nc1ccc(Oc2cccc(OCCN(C)C(=O)OC(C)(C)C)c2)c(-c2cn(C)c(=O)c3[nH]ccc23)c1. The van der Waals surface area contributed by atoms with Crippen molar-refractivity contribution in [3.05, 3.63) is 71.3 Å². The number of rotatable bonds is 10. The fraction of sp³-hybridized carbons (Fsp3) is 0.333. The number of anilines is 1. The van der Waals surface area contributed by atoms with Crippen LogP contribution in [0.15, 0.2) is 65.7 Å². The molecule has 12 heteroatoms. The van der Waals surface area contributed by atoms with Crippen molar-refractivity contribution >= 4 is 32.7 Å². The summed E-state index contributed by atoms with van der Waals surface area (Å²) in [4.78, 5) is 29.3. The number of sulfonamides is 1. The maximum atomic E-state index is 12.7. The van der Waals surface area contributed by atoms with Gasteiger partial charge >= 0.3 is 6.09 Å². The molecule has 0 aliphatic carbocycles. The van der Waals surface area contributed by atoms with E-state index < -0.39 is 21.7 Å². The maximum Gasteiger partial charge on any atom is 0.410 e. The summed E-state index contributed by atoms with van der Waals surface area (Å²) in [6.45, 7) is 7.54. The van der Waals surface area contributed by atoms with Gasteiger partial charge in [0.15, 0.2) is 0 Å². The lowest BCUT2D eigenvalue weighted by molar-refractivity contribution is 0.0278. The molecule has 2 aromatic heterocycles. The summed E-state index contributed by atoms with van der Waals surface area (Å²) in [7, 11) is -0.234. The third-order valence-electron chi connectivity index (χ3n) is 6.25. The number of carbonyl (C=O) groups excluding carboxylic acids is 1. The van der Waals surface area contributed by atoms with E-state index in [1.165, 1.54) is 9.47 Å². The van der Waals surface area contributed by atoms with Gasteiger partial charge in [-0.3, -0.25) is 9.52 Å². The smallest absolute Gasteiger partial charge is 0.410 e. The molecule has 42 heavy (non-hydrogen) atoms. The molecule has 0 saturated heterocycles. The molecule has 2 aromatic carbocycles. The number of pyridine rings is 1. The minimum atomic E-state index is -3.53. The van der Waals surface area contributed by atoms with Gasteiger partial charge in [-0.1, -0.05) is 6.07 Å². The van der Waals surface area contributed by atoms with Crippen LogP contribution >= 0.6 is 0 Å². The van der Waals surface area contributed by atoms with Crippen LogP contribution in [0.3, 0.4) is 0 Å². The van der Waals surface area contributed by atoms with E-state index in [9.17, 15) is 18.0 Å². The van der Waals surface area contributed by atoms with Gasteiger partial charge < -0.3 is 28.7 Å². The lowest BCUT2D eigenvalue weighted by atomic mass is 10.0. The predicted octanol–water partition coefficient (Wildman–Crippen LogP) is 5.33. The molecular formula is C30H36N4O7S.